The van der Waals surface area contributed by atoms with Crippen LogP contribution in [-0.2, 0) is 24.4 Å². The molecule has 4 rings (SSSR count). The van der Waals surface area contributed by atoms with E-state index in [-0.39, 0.29) is 36.2 Å². The maximum absolute atomic E-state index is 13.6. The van der Waals surface area contributed by atoms with Crippen molar-refractivity contribution in [2.24, 2.45) is 0 Å². The number of carbonyl (C=O) groups is 1. The monoisotopic (exact) mass is 497 g/mol. The van der Waals surface area contributed by atoms with Crippen LogP contribution in [0.15, 0.2) is 69.6 Å². The van der Waals surface area contributed by atoms with Crippen LogP contribution >= 0.6 is 11.3 Å². The SMILES string of the molecule is O=C(CCCCCn1c(=O)c2sccc2n(Cc2cccc(F)c2)c1=O)NCc1ccc(F)cc1. The number of halogens is 2. The van der Waals surface area contributed by atoms with Crippen molar-refractivity contribution in [1.29, 1.82) is 0 Å². The normalized spacial score (nSPS) is 11.1. The van der Waals surface area contributed by atoms with Crippen molar-refractivity contribution < 1.29 is 13.6 Å². The topological polar surface area (TPSA) is 73.1 Å². The van der Waals surface area contributed by atoms with Gasteiger partial charge in [0.2, 0.25) is 5.91 Å². The zero-order valence-corrected chi connectivity index (χ0v) is 19.8. The number of aromatic nitrogens is 2. The molecule has 35 heavy (non-hydrogen) atoms. The van der Waals surface area contributed by atoms with Gasteiger partial charge in [-0.1, -0.05) is 30.7 Å². The summed E-state index contributed by atoms with van der Waals surface area (Å²) in [4.78, 5) is 38.1. The van der Waals surface area contributed by atoms with E-state index in [2.05, 4.69) is 5.32 Å². The van der Waals surface area contributed by atoms with Crippen LogP contribution in [-0.4, -0.2) is 15.0 Å². The summed E-state index contributed by atoms with van der Waals surface area (Å²) in [7, 11) is 0. The van der Waals surface area contributed by atoms with Gasteiger partial charge in [-0.3, -0.25) is 18.7 Å². The zero-order chi connectivity index (χ0) is 24.8. The lowest BCUT2D eigenvalue weighted by molar-refractivity contribution is -0.121. The van der Waals surface area contributed by atoms with E-state index in [1.54, 1.807) is 35.7 Å². The molecule has 0 radical (unpaired) electrons. The van der Waals surface area contributed by atoms with Gasteiger partial charge < -0.3 is 5.32 Å². The van der Waals surface area contributed by atoms with E-state index in [0.717, 1.165) is 5.56 Å². The van der Waals surface area contributed by atoms with Gasteiger partial charge in [-0.15, -0.1) is 11.3 Å². The minimum absolute atomic E-state index is 0.107. The van der Waals surface area contributed by atoms with Crippen molar-refractivity contribution in [3.63, 3.8) is 0 Å². The average Bonchev–Trinajstić information content (AvgIpc) is 3.33. The Morgan fingerprint density at radius 2 is 1.69 bits per heavy atom. The molecule has 0 saturated carbocycles. The van der Waals surface area contributed by atoms with Gasteiger partial charge in [-0.25, -0.2) is 13.6 Å². The molecule has 0 bridgehead atoms. The van der Waals surface area contributed by atoms with Gasteiger partial charge in [0.05, 0.1) is 12.1 Å². The van der Waals surface area contributed by atoms with Gasteiger partial charge in [-0.05, 0) is 59.7 Å². The number of carbonyl (C=O) groups excluding carboxylic acids is 1. The van der Waals surface area contributed by atoms with Crippen LogP contribution in [0.25, 0.3) is 10.2 Å². The molecule has 0 aliphatic rings. The third kappa shape index (κ3) is 6.10. The summed E-state index contributed by atoms with van der Waals surface area (Å²) in [6, 6.07) is 13.7. The number of unbranched alkanes of at least 4 members (excludes halogenated alkanes) is 2. The summed E-state index contributed by atoms with van der Waals surface area (Å²) in [5, 5.41) is 4.57. The molecule has 0 saturated heterocycles. The Kier molecular flexibility index (Phi) is 7.87. The highest BCUT2D eigenvalue weighted by Crippen LogP contribution is 2.17. The lowest BCUT2D eigenvalue weighted by Gasteiger charge is -2.12. The lowest BCUT2D eigenvalue weighted by atomic mass is 10.1. The first-order valence-electron chi connectivity index (χ1n) is 11.4. The molecular formula is C26H25F2N3O3S. The summed E-state index contributed by atoms with van der Waals surface area (Å²) in [5.74, 6) is -0.811. The van der Waals surface area contributed by atoms with E-state index >= 15 is 0 Å². The molecule has 0 aliphatic heterocycles. The summed E-state index contributed by atoms with van der Waals surface area (Å²) in [5.41, 5.74) is 1.24. The molecule has 0 unspecified atom stereocenters. The summed E-state index contributed by atoms with van der Waals surface area (Å²) in [6.07, 6.45) is 2.17. The molecule has 0 fully saturated rings. The van der Waals surface area contributed by atoms with Crippen molar-refractivity contribution in [3.05, 3.63) is 104 Å². The second kappa shape index (κ2) is 11.2. The van der Waals surface area contributed by atoms with E-state index in [1.165, 1.54) is 44.7 Å². The Hall–Kier alpha value is -3.59. The van der Waals surface area contributed by atoms with E-state index in [9.17, 15) is 23.2 Å². The number of fused-ring (bicyclic) bond motifs is 1. The first kappa shape index (κ1) is 24.5. The molecule has 2 heterocycles. The number of hydrogen-bond donors (Lipinski definition) is 1. The molecule has 1 N–H and O–H groups in total. The highest BCUT2D eigenvalue weighted by Gasteiger charge is 2.15. The van der Waals surface area contributed by atoms with E-state index in [1.807, 2.05) is 0 Å². The van der Waals surface area contributed by atoms with Crippen LogP contribution in [0.2, 0.25) is 0 Å². The predicted molar refractivity (Wildman–Crippen MR) is 133 cm³/mol. The van der Waals surface area contributed by atoms with Gasteiger partial charge in [0.1, 0.15) is 16.3 Å². The minimum atomic E-state index is -0.429. The standard InChI is InChI=1S/C26H25F2N3O3S/c27-20-10-8-18(9-11-20)16-29-23(32)7-2-1-3-13-30-25(33)24-22(12-14-35-24)31(26(30)34)17-19-5-4-6-21(28)15-19/h4-6,8-12,14-15H,1-3,7,13,16-17H2,(H,29,32). The highest BCUT2D eigenvalue weighted by molar-refractivity contribution is 7.17. The number of amides is 1. The van der Waals surface area contributed by atoms with Crippen molar-refractivity contribution in [2.75, 3.05) is 0 Å². The van der Waals surface area contributed by atoms with Gasteiger partial charge in [0.15, 0.2) is 0 Å². The molecule has 2 aromatic heterocycles. The number of thiophene rings is 1. The Morgan fingerprint density at radius 3 is 2.46 bits per heavy atom. The van der Waals surface area contributed by atoms with Gasteiger partial charge in [0, 0.05) is 19.5 Å². The third-order valence-corrected chi connectivity index (χ3v) is 6.65. The summed E-state index contributed by atoms with van der Waals surface area (Å²) in [6.45, 7) is 0.740. The highest BCUT2D eigenvalue weighted by atomic mass is 32.1. The fourth-order valence-electron chi connectivity index (χ4n) is 3.92. The second-order valence-corrected chi connectivity index (χ2v) is 9.22. The predicted octanol–water partition coefficient (Wildman–Crippen LogP) is 4.43. The third-order valence-electron chi connectivity index (χ3n) is 5.75. The Bertz CT molecular complexity index is 1440. The quantitative estimate of drug-likeness (QED) is 0.330. The van der Waals surface area contributed by atoms with E-state index < -0.39 is 5.69 Å². The van der Waals surface area contributed by atoms with E-state index in [0.29, 0.717) is 48.0 Å². The first-order valence-corrected chi connectivity index (χ1v) is 12.3. The van der Waals surface area contributed by atoms with Crippen molar-refractivity contribution in [3.8, 4) is 0 Å². The minimum Gasteiger partial charge on any atom is -0.352 e. The Balaban J connectivity index is 1.35. The molecule has 4 aromatic rings. The summed E-state index contributed by atoms with van der Waals surface area (Å²) < 4.78 is 29.8. The van der Waals surface area contributed by atoms with Crippen LogP contribution in [0.1, 0.15) is 36.8 Å². The number of hydrogen-bond acceptors (Lipinski definition) is 4. The van der Waals surface area contributed by atoms with Gasteiger partial charge >= 0.3 is 5.69 Å². The van der Waals surface area contributed by atoms with Crippen molar-refractivity contribution >= 4 is 27.5 Å². The van der Waals surface area contributed by atoms with Crippen LogP contribution in [0.5, 0.6) is 0 Å². The maximum Gasteiger partial charge on any atom is 0.331 e. The van der Waals surface area contributed by atoms with Crippen LogP contribution in [0.3, 0.4) is 0 Å². The van der Waals surface area contributed by atoms with Crippen molar-refractivity contribution in [1.82, 2.24) is 14.5 Å². The Morgan fingerprint density at radius 1 is 0.886 bits per heavy atom. The smallest absolute Gasteiger partial charge is 0.331 e. The summed E-state index contributed by atoms with van der Waals surface area (Å²) >= 11 is 1.28. The molecular weight excluding hydrogens is 472 g/mol. The van der Waals surface area contributed by atoms with Crippen LogP contribution < -0.4 is 16.6 Å². The number of nitrogens with one attached hydrogen (secondary N) is 1. The van der Waals surface area contributed by atoms with Gasteiger partial charge in [0.25, 0.3) is 5.56 Å². The molecule has 0 aliphatic carbocycles. The molecule has 2 aromatic carbocycles. The number of nitrogens with zero attached hydrogens (tertiary/aromatic N) is 2. The van der Waals surface area contributed by atoms with Crippen molar-refractivity contribution in [2.45, 2.75) is 45.3 Å². The maximum atomic E-state index is 13.6. The number of benzene rings is 2. The number of rotatable bonds is 10. The molecule has 0 spiro atoms. The molecule has 1 amide bonds. The van der Waals surface area contributed by atoms with Gasteiger partial charge in [-0.2, -0.15) is 0 Å². The lowest BCUT2D eigenvalue weighted by Crippen LogP contribution is -2.39. The molecule has 0 atom stereocenters. The zero-order valence-electron chi connectivity index (χ0n) is 19.0. The molecule has 9 heteroatoms. The first-order chi connectivity index (χ1) is 16.9. The fraction of sp³-hybridized carbons (Fsp3) is 0.269. The largest absolute Gasteiger partial charge is 0.352 e. The van der Waals surface area contributed by atoms with Crippen LogP contribution in [0, 0.1) is 11.6 Å². The fourth-order valence-corrected chi connectivity index (χ4v) is 4.77. The van der Waals surface area contributed by atoms with Crippen LogP contribution in [0.4, 0.5) is 8.78 Å². The van der Waals surface area contributed by atoms with E-state index in [4.69, 9.17) is 0 Å². The molecule has 182 valence electrons. The Labute approximate surface area is 204 Å². The second-order valence-electron chi connectivity index (χ2n) is 8.30. The molecule has 6 nitrogen and oxygen atoms in total. The average molecular weight is 498 g/mol.